The van der Waals surface area contributed by atoms with Crippen LogP contribution >= 0.6 is 15.9 Å². The number of aromatic hydroxyl groups is 2. The summed E-state index contributed by atoms with van der Waals surface area (Å²) in [7, 11) is 0. The minimum Gasteiger partial charge on any atom is -0.504 e. The number of nitrogens with zero attached hydrogens (tertiary/aromatic N) is 1. The van der Waals surface area contributed by atoms with Gasteiger partial charge in [0.2, 0.25) is 0 Å². The molecular weight excluding hydrogens is 352 g/mol. The van der Waals surface area contributed by atoms with Crippen LogP contribution in [0.25, 0.3) is 0 Å². The lowest BCUT2D eigenvalue weighted by Crippen LogP contribution is -2.24. The van der Waals surface area contributed by atoms with Gasteiger partial charge in [-0.15, -0.1) is 0 Å². The molecule has 0 fully saturated rings. The molecule has 2 aromatic rings. The minimum absolute atomic E-state index is 0.172. The Morgan fingerprint density at radius 2 is 2.05 bits per heavy atom. The van der Waals surface area contributed by atoms with Crippen LogP contribution in [0, 0.1) is 0 Å². The largest absolute Gasteiger partial charge is 0.504 e. The van der Waals surface area contributed by atoms with E-state index < -0.39 is 5.91 Å². The molecule has 0 saturated carbocycles. The van der Waals surface area contributed by atoms with Crippen LogP contribution in [0.3, 0.4) is 0 Å². The third-order valence-electron chi connectivity index (χ3n) is 2.57. The van der Waals surface area contributed by atoms with Crippen LogP contribution in [0.1, 0.15) is 5.56 Å². The number of rotatable bonds is 5. The van der Waals surface area contributed by atoms with Crippen LogP contribution in [0.15, 0.2) is 52.0 Å². The first kappa shape index (κ1) is 15.8. The predicted octanol–water partition coefficient (Wildman–Crippen LogP) is 2.39. The molecule has 0 aliphatic carbocycles. The van der Waals surface area contributed by atoms with Gasteiger partial charge in [-0.2, -0.15) is 5.10 Å². The Labute approximate surface area is 135 Å². The highest BCUT2D eigenvalue weighted by Gasteiger charge is 2.02. The number of carbonyl (C=O) groups is 1. The number of ether oxygens (including phenoxy) is 1. The lowest BCUT2D eigenvalue weighted by Gasteiger charge is -2.05. The fourth-order valence-electron chi connectivity index (χ4n) is 1.54. The van der Waals surface area contributed by atoms with E-state index in [-0.39, 0.29) is 18.1 Å². The van der Waals surface area contributed by atoms with Gasteiger partial charge in [-0.3, -0.25) is 4.79 Å². The smallest absolute Gasteiger partial charge is 0.277 e. The summed E-state index contributed by atoms with van der Waals surface area (Å²) in [6.45, 7) is -0.172. The molecule has 0 aliphatic rings. The van der Waals surface area contributed by atoms with Gasteiger partial charge in [0, 0.05) is 4.47 Å². The van der Waals surface area contributed by atoms with Crippen molar-refractivity contribution in [3.8, 4) is 17.2 Å². The zero-order chi connectivity index (χ0) is 15.9. The van der Waals surface area contributed by atoms with Gasteiger partial charge in [0.15, 0.2) is 18.1 Å². The summed E-state index contributed by atoms with van der Waals surface area (Å²) in [4.78, 5) is 11.6. The van der Waals surface area contributed by atoms with E-state index >= 15 is 0 Å². The van der Waals surface area contributed by atoms with Gasteiger partial charge >= 0.3 is 0 Å². The summed E-state index contributed by atoms with van der Waals surface area (Å²) in [5.41, 5.74) is 2.83. The Morgan fingerprint density at radius 3 is 2.77 bits per heavy atom. The first-order chi connectivity index (χ1) is 10.5. The van der Waals surface area contributed by atoms with Gasteiger partial charge in [0.1, 0.15) is 5.75 Å². The average Bonchev–Trinajstić information content (AvgIpc) is 2.49. The van der Waals surface area contributed by atoms with Crippen LogP contribution in [-0.4, -0.2) is 28.9 Å². The van der Waals surface area contributed by atoms with Gasteiger partial charge < -0.3 is 14.9 Å². The molecule has 2 aromatic carbocycles. The van der Waals surface area contributed by atoms with Gasteiger partial charge in [-0.1, -0.05) is 22.0 Å². The summed E-state index contributed by atoms with van der Waals surface area (Å²) in [5, 5.41) is 22.2. The second-order valence-corrected chi connectivity index (χ2v) is 5.20. The van der Waals surface area contributed by atoms with Gasteiger partial charge in [-0.25, -0.2) is 5.43 Å². The molecule has 1 amide bonds. The normalized spacial score (nSPS) is 10.6. The molecule has 22 heavy (non-hydrogen) atoms. The quantitative estimate of drug-likeness (QED) is 0.431. The zero-order valence-corrected chi connectivity index (χ0v) is 12.9. The number of hydrazone groups is 1. The number of phenolic OH excluding ortho intramolecular Hbond substituents is 2. The second kappa shape index (κ2) is 7.46. The highest BCUT2D eigenvalue weighted by molar-refractivity contribution is 9.10. The van der Waals surface area contributed by atoms with E-state index in [1.165, 1.54) is 18.3 Å². The third kappa shape index (κ3) is 4.78. The van der Waals surface area contributed by atoms with E-state index in [4.69, 9.17) is 4.74 Å². The summed E-state index contributed by atoms with van der Waals surface area (Å²) in [6.07, 6.45) is 1.34. The van der Waals surface area contributed by atoms with Crippen LogP contribution < -0.4 is 10.2 Å². The number of amides is 1. The highest BCUT2D eigenvalue weighted by atomic mass is 79.9. The zero-order valence-electron chi connectivity index (χ0n) is 11.4. The third-order valence-corrected chi connectivity index (χ3v) is 3.06. The molecule has 0 heterocycles. The first-order valence-corrected chi connectivity index (χ1v) is 7.06. The average molecular weight is 365 g/mol. The molecule has 0 bridgehead atoms. The number of phenols is 2. The van der Waals surface area contributed by atoms with E-state index in [1.54, 1.807) is 24.3 Å². The first-order valence-electron chi connectivity index (χ1n) is 6.27. The number of benzene rings is 2. The standard InChI is InChI=1S/C15H13BrN2O4/c16-11-2-1-3-12(7-11)22-9-15(21)18-17-8-10-4-5-13(19)14(20)6-10/h1-8,19-20H,9H2,(H,18,21)/b17-8+. The van der Waals surface area contributed by atoms with E-state index in [2.05, 4.69) is 26.5 Å². The molecule has 0 spiro atoms. The topological polar surface area (TPSA) is 91.2 Å². The van der Waals surface area contributed by atoms with Gasteiger partial charge in [0.05, 0.1) is 6.21 Å². The summed E-state index contributed by atoms with van der Waals surface area (Å²) >= 11 is 3.31. The van der Waals surface area contributed by atoms with Crippen LogP contribution in [0.4, 0.5) is 0 Å². The molecule has 0 aromatic heterocycles. The molecule has 0 aliphatic heterocycles. The molecule has 2 rings (SSSR count). The van der Waals surface area contributed by atoms with E-state index in [1.807, 2.05) is 6.07 Å². The lowest BCUT2D eigenvalue weighted by molar-refractivity contribution is -0.123. The number of hydrogen-bond acceptors (Lipinski definition) is 5. The maximum Gasteiger partial charge on any atom is 0.277 e. The Hall–Kier alpha value is -2.54. The predicted molar refractivity (Wildman–Crippen MR) is 85.1 cm³/mol. The van der Waals surface area contributed by atoms with Crippen LogP contribution in [-0.2, 0) is 4.79 Å². The molecule has 0 unspecified atom stereocenters. The molecular formula is C15H13BrN2O4. The van der Waals surface area contributed by atoms with Crippen molar-refractivity contribution in [1.29, 1.82) is 0 Å². The number of halogens is 1. The minimum atomic E-state index is -0.417. The SMILES string of the molecule is O=C(COc1cccc(Br)c1)N/N=C/c1ccc(O)c(O)c1. The maximum absolute atomic E-state index is 11.6. The van der Waals surface area contributed by atoms with E-state index in [9.17, 15) is 15.0 Å². The summed E-state index contributed by atoms with van der Waals surface area (Å²) in [6, 6.07) is 11.3. The second-order valence-electron chi connectivity index (χ2n) is 4.29. The molecule has 114 valence electrons. The molecule has 6 nitrogen and oxygen atoms in total. The van der Waals surface area contributed by atoms with Gasteiger partial charge in [0.25, 0.3) is 5.91 Å². The monoisotopic (exact) mass is 364 g/mol. The number of hydrogen-bond donors (Lipinski definition) is 3. The molecule has 0 atom stereocenters. The Bertz CT molecular complexity index is 704. The Morgan fingerprint density at radius 1 is 1.23 bits per heavy atom. The fourth-order valence-corrected chi connectivity index (χ4v) is 1.92. The van der Waals surface area contributed by atoms with Crippen molar-refractivity contribution < 1.29 is 19.7 Å². The molecule has 0 saturated heterocycles. The lowest BCUT2D eigenvalue weighted by atomic mass is 10.2. The molecule has 7 heteroatoms. The highest BCUT2D eigenvalue weighted by Crippen LogP contribution is 2.23. The van der Waals surface area contributed by atoms with Crippen LogP contribution in [0.5, 0.6) is 17.2 Å². The van der Waals surface area contributed by atoms with Crippen molar-refractivity contribution in [2.24, 2.45) is 5.10 Å². The van der Waals surface area contributed by atoms with Crippen molar-refractivity contribution in [3.63, 3.8) is 0 Å². The molecule has 0 radical (unpaired) electrons. The Kier molecular flexibility index (Phi) is 5.37. The van der Waals surface area contributed by atoms with Crippen molar-refractivity contribution in [2.45, 2.75) is 0 Å². The molecule has 3 N–H and O–H groups in total. The van der Waals surface area contributed by atoms with Crippen molar-refractivity contribution >= 4 is 28.1 Å². The maximum atomic E-state index is 11.6. The van der Waals surface area contributed by atoms with Crippen molar-refractivity contribution in [2.75, 3.05) is 6.61 Å². The summed E-state index contributed by atoms with van der Waals surface area (Å²) < 4.78 is 6.15. The Balaban J connectivity index is 1.82. The number of nitrogens with one attached hydrogen (secondary N) is 1. The van der Waals surface area contributed by atoms with Crippen molar-refractivity contribution in [1.82, 2.24) is 5.43 Å². The van der Waals surface area contributed by atoms with Crippen molar-refractivity contribution in [3.05, 3.63) is 52.5 Å². The van der Waals surface area contributed by atoms with E-state index in [0.717, 1.165) is 4.47 Å². The van der Waals surface area contributed by atoms with Crippen LogP contribution in [0.2, 0.25) is 0 Å². The summed E-state index contributed by atoms with van der Waals surface area (Å²) in [5.74, 6) is -0.326. The fraction of sp³-hybridized carbons (Fsp3) is 0.0667. The van der Waals surface area contributed by atoms with Gasteiger partial charge in [-0.05, 0) is 42.0 Å². The number of carbonyl (C=O) groups excluding carboxylic acids is 1. The van der Waals surface area contributed by atoms with E-state index in [0.29, 0.717) is 11.3 Å².